The van der Waals surface area contributed by atoms with E-state index in [1.54, 1.807) is 24.0 Å². The van der Waals surface area contributed by atoms with Crippen molar-refractivity contribution in [3.8, 4) is 5.75 Å². The SMILES string of the molecule is CN1CCNC(=O)C[C@H]2CN(Cc3ccc(OCC(=O)N4CCCC4)cc3)C[C@H]2n2cc(nn2)Cn2cccc(c2=O)C1=O. The molecular weight excluding hydrogens is 564 g/mol. The second-order valence-corrected chi connectivity index (χ2v) is 11.9. The maximum absolute atomic E-state index is 13.1. The molecule has 1 N–H and O–H groups in total. The first kappa shape index (κ1) is 29.5. The lowest BCUT2D eigenvalue weighted by Crippen LogP contribution is -2.39. The number of likely N-dealkylation sites (tertiary alicyclic amines) is 2. The number of likely N-dealkylation sites (N-methyl/N-ethyl adjacent to an activating group) is 1. The Morgan fingerprint density at radius 2 is 1.84 bits per heavy atom. The van der Waals surface area contributed by atoms with Gasteiger partial charge in [-0.25, -0.2) is 4.68 Å². The Balaban J connectivity index is 1.15. The Hall–Kier alpha value is -4.52. The Kier molecular flexibility index (Phi) is 8.73. The highest BCUT2D eigenvalue weighted by Crippen LogP contribution is 2.31. The smallest absolute Gasteiger partial charge is 0.263 e. The van der Waals surface area contributed by atoms with Crippen LogP contribution in [0, 0.1) is 5.92 Å². The molecule has 4 bridgehead atoms. The van der Waals surface area contributed by atoms with E-state index in [0.29, 0.717) is 37.5 Å². The number of aromatic nitrogens is 4. The highest BCUT2D eigenvalue weighted by Gasteiger charge is 2.36. The van der Waals surface area contributed by atoms with Crippen LogP contribution in [0.1, 0.15) is 46.9 Å². The van der Waals surface area contributed by atoms with Crippen molar-refractivity contribution < 1.29 is 19.1 Å². The lowest BCUT2D eigenvalue weighted by Gasteiger charge is -2.20. The predicted octanol–water partition coefficient (Wildman–Crippen LogP) is 0.754. The summed E-state index contributed by atoms with van der Waals surface area (Å²) in [7, 11) is 1.62. The molecule has 0 spiro atoms. The Morgan fingerprint density at radius 3 is 2.64 bits per heavy atom. The fourth-order valence-corrected chi connectivity index (χ4v) is 6.25. The van der Waals surface area contributed by atoms with E-state index in [0.717, 1.165) is 31.5 Å². The molecule has 13 nitrogen and oxygen atoms in total. The molecule has 0 aliphatic carbocycles. The summed E-state index contributed by atoms with van der Waals surface area (Å²) in [6.07, 6.45) is 5.88. The van der Waals surface area contributed by atoms with Crippen LogP contribution >= 0.6 is 0 Å². The maximum atomic E-state index is 13.1. The zero-order valence-electron chi connectivity index (χ0n) is 24.9. The van der Waals surface area contributed by atoms with Gasteiger partial charge in [0.1, 0.15) is 17.0 Å². The largest absolute Gasteiger partial charge is 0.484 e. The predicted molar refractivity (Wildman–Crippen MR) is 160 cm³/mol. The van der Waals surface area contributed by atoms with Crippen molar-refractivity contribution in [2.45, 2.75) is 38.4 Å². The lowest BCUT2D eigenvalue weighted by atomic mass is 9.99. The third kappa shape index (κ3) is 6.67. The first-order valence-electron chi connectivity index (χ1n) is 15.2. The van der Waals surface area contributed by atoms with E-state index >= 15 is 0 Å². The first-order valence-corrected chi connectivity index (χ1v) is 15.2. The Morgan fingerprint density at radius 1 is 1.05 bits per heavy atom. The number of ether oxygens (including phenoxy) is 1. The van der Waals surface area contributed by atoms with Gasteiger partial charge in [0, 0.05) is 71.4 Å². The molecular formula is C31H38N8O5. The van der Waals surface area contributed by atoms with Crippen molar-refractivity contribution in [1.29, 1.82) is 0 Å². The molecule has 5 heterocycles. The molecule has 0 unspecified atom stereocenters. The number of carbonyl (C=O) groups excluding carboxylic acids is 3. The number of nitrogens with zero attached hydrogens (tertiary/aromatic N) is 7. The van der Waals surface area contributed by atoms with Crippen LogP contribution in [0.5, 0.6) is 5.75 Å². The summed E-state index contributed by atoms with van der Waals surface area (Å²) in [5.74, 6) is 0.182. The molecule has 2 atom stereocenters. The zero-order chi connectivity index (χ0) is 30.6. The molecule has 3 aliphatic rings. The third-order valence-electron chi connectivity index (χ3n) is 8.68. The number of hydrogen-bond acceptors (Lipinski definition) is 8. The van der Waals surface area contributed by atoms with Gasteiger partial charge >= 0.3 is 0 Å². The van der Waals surface area contributed by atoms with Gasteiger partial charge in [-0.15, -0.1) is 5.10 Å². The minimum Gasteiger partial charge on any atom is -0.484 e. The number of carbonyl (C=O) groups is 3. The van der Waals surface area contributed by atoms with Crippen molar-refractivity contribution in [3.05, 3.63) is 76.0 Å². The monoisotopic (exact) mass is 602 g/mol. The maximum Gasteiger partial charge on any atom is 0.263 e. The van der Waals surface area contributed by atoms with Gasteiger partial charge in [0.2, 0.25) is 5.91 Å². The summed E-state index contributed by atoms with van der Waals surface area (Å²) in [5.41, 5.74) is 1.37. The highest BCUT2D eigenvalue weighted by atomic mass is 16.5. The molecule has 2 fully saturated rings. The first-order chi connectivity index (χ1) is 21.3. The van der Waals surface area contributed by atoms with Gasteiger partial charge in [-0.3, -0.25) is 24.1 Å². The second kappa shape index (κ2) is 13.0. The molecule has 13 heteroatoms. The third-order valence-corrected chi connectivity index (χ3v) is 8.68. The molecule has 3 aliphatic heterocycles. The molecule has 6 rings (SSSR count). The van der Waals surface area contributed by atoms with E-state index in [1.165, 1.54) is 15.5 Å². The van der Waals surface area contributed by atoms with Gasteiger partial charge in [-0.05, 0) is 42.7 Å². The van der Waals surface area contributed by atoms with Crippen LogP contribution < -0.4 is 15.6 Å². The molecule has 2 aromatic heterocycles. The van der Waals surface area contributed by atoms with Crippen LogP contribution in [0.25, 0.3) is 0 Å². The van der Waals surface area contributed by atoms with Crippen molar-refractivity contribution in [1.82, 2.24) is 39.6 Å². The van der Waals surface area contributed by atoms with E-state index < -0.39 is 11.5 Å². The topological polar surface area (TPSA) is 135 Å². The molecule has 3 amide bonds. The fraction of sp³-hybridized carbons (Fsp3) is 0.484. The van der Waals surface area contributed by atoms with Crippen LogP contribution in [-0.2, 0) is 22.7 Å². The number of fused-ring (bicyclic) bond motifs is 6. The summed E-state index contributed by atoms with van der Waals surface area (Å²) in [6, 6.07) is 10.9. The minimum absolute atomic E-state index is 0.0120. The van der Waals surface area contributed by atoms with Gasteiger partial charge in [-0.2, -0.15) is 0 Å². The number of rotatable bonds is 5. The van der Waals surface area contributed by atoms with Gasteiger partial charge in [0.05, 0.1) is 18.8 Å². The normalized spacial score (nSPS) is 21.3. The van der Waals surface area contributed by atoms with Gasteiger partial charge in [0.25, 0.3) is 17.4 Å². The van der Waals surface area contributed by atoms with E-state index in [9.17, 15) is 19.2 Å². The minimum atomic E-state index is -0.394. The Labute approximate surface area is 255 Å². The van der Waals surface area contributed by atoms with E-state index in [1.807, 2.05) is 35.4 Å². The molecule has 2 saturated heterocycles. The van der Waals surface area contributed by atoms with E-state index in [4.69, 9.17) is 4.74 Å². The number of pyridine rings is 1. The molecule has 1 aromatic carbocycles. The molecule has 3 aromatic rings. The quantitative estimate of drug-likeness (QED) is 0.452. The summed E-state index contributed by atoms with van der Waals surface area (Å²) in [4.78, 5) is 56.9. The average molecular weight is 603 g/mol. The van der Waals surface area contributed by atoms with Gasteiger partial charge in [0.15, 0.2) is 6.61 Å². The number of hydrogen-bond donors (Lipinski definition) is 1. The summed E-state index contributed by atoms with van der Waals surface area (Å²) >= 11 is 0. The van der Waals surface area contributed by atoms with Crippen molar-refractivity contribution in [2.24, 2.45) is 5.92 Å². The van der Waals surface area contributed by atoms with E-state index in [-0.39, 0.29) is 55.6 Å². The highest BCUT2D eigenvalue weighted by molar-refractivity contribution is 5.93. The van der Waals surface area contributed by atoms with Crippen LogP contribution in [0.4, 0.5) is 0 Å². The van der Waals surface area contributed by atoms with Crippen molar-refractivity contribution >= 4 is 17.7 Å². The molecule has 232 valence electrons. The molecule has 0 radical (unpaired) electrons. The van der Waals surface area contributed by atoms with Crippen molar-refractivity contribution in [3.63, 3.8) is 0 Å². The number of nitrogens with one attached hydrogen (secondary N) is 1. The lowest BCUT2D eigenvalue weighted by molar-refractivity contribution is -0.132. The van der Waals surface area contributed by atoms with Crippen LogP contribution in [0.2, 0.25) is 0 Å². The van der Waals surface area contributed by atoms with E-state index in [2.05, 4.69) is 20.5 Å². The Bertz CT molecular complexity index is 1560. The average Bonchev–Trinajstić information content (AvgIpc) is 3.79. The van der Waals surface area contributed by atoms with Crippen molar-refractivity contribution in [2.75, 3.05) is 52.9 Å². The van der Waals surface area contributed by atoms with Gasteiger partial charge < -0.3 is 24.4 Å². The van der Waals surface area contributed by atoms with Crippen LogP contribution in [0.3, 0.4) is 0 Å². The van der Waals surface area contributed by atoms with Gasteiger partial charge in [-0.1, -0.05) is 17.3 Å². The summed E-state index contributed by atoms with van der Waals surface area (Å²) in [5, 5.41) is 11.7. The molecule has 0 saturated carbocycles. The van der Waals surface area contributed by atoms with Crippen LogP contribution in [-0.4, -0.2) is 105 Å². The zero-order valence-corrected chi connectivity index (χ0v) is 24.9. The number of amides is 3. The standard InChI is InChI=1S/C31H38N8O5/c1-35-14-10-32-28(40)15-23-17-36(16-22-6-8-25(9-7-22)44-21-29(41)37-11-2-3-12-37)20-27(23)39-19-24(33-34-39)18-38-13-4-5-26(30(35)42)31(38)43/h4-9,13,19,23,27H,2-3,10-12,14-18,20-21H2,1H3,(H,32,40)/t23-,27+/m0/s1. The van der Waals surface area contributed by atoms with Crippen LogP contribution in [0.15, 0.2) is 53.6 Å². The summed E-state index contributed by atoms with van der Waals surface area (Å²) < 4.78 is 9.01. The fourth-order valence-electron chi connectivity index (χ4n) is 6.25. The number of benzene rings is 1. The summed E-state index contributed by atoms with van der Waals surface area (Å²) in [6.45, 7) is 4.46. The second-order valence-electron chi connectivity index (χ2n) is 11.9. The molecule has 44 heavy (non-hydrogen) atoms.